The molecule has 1 aromatic carbocycles. The van der Waals surface area contributed by atoms with Gasteiger partial charge in [-0.15, -0.1) is 0 Å². The molecule has 5 heteroatoms. The van der Waals surface area contributed by atoms with Crippen LogP contribution in [-0.4, -0.2) is 25.9 Å². The van der Waals surface area contributed by atoms with Crippen LogP contribution in [0.1, 0.15) is 70.8 Å². The minimum atomic E-state index is -1.53. The molecule has 4 aliphatic rings. The number of carbonyl (C=O) groups is 1. The van der Waals surface area contributed by atoms with Crippen LogP contribution < -0.4 is 0 Å². The number of oxime groups is 1. The molecule has 0 amide bonds. The number of hydrogen-bond acceptors (Lipinski definition) is 4. The highest BCUT2D eigenvalue weighted by Gasteiger charge is 2.63. The third kappa shape index (κ3) is 4.32. The van der Waals surface area contributed by atoms with Crippen molar-refractivity contribution in [2.45, 2.75) is 97.6 Å². The average molecular weight is 482 g/mol. The highest BCUT2D eigenvalue weighted by molar-refractivity contribution is 6.69. The molecule has 1 aromatic rings. The summed E-state index contributed by atoms with van der Waals surface area (Å²) in [6.45, 7) is 12.1. The first kappa shape index (κ1) is 24.2. The normalized spacial score (nSPS) is 41.0. The zero-order chi connectivity index (χ0) is 24.1. The number of rotatable bonds is 5. The number of fused-ring (bicyclic) bond motifs is 5. The molecule has 4 fully saturated rings. The van der Waals surface area contributed by atoms with Crippen LogP contribution in [0.25, 0.3) is 0 Å². The van der Waals surface area contributed by atoms with E-state index in [0.29, 0.717) is 42.7 Å². The molecule has 0 radical (unpaired) electrons. The van der Waals surface area contributed by atoms with E-state index in [-0.39, 0.29) is 16.7 Å². The molecule has 0 N–H and O–H groups in total. The Kier molecular flexibility index (Phi) is 6.33. The number of ketones is 1. The topological polar surface area (TPSA) is 47.9 Å². The molecule has 34 heavy (non-hydrogen) atoms. The number of hydrogen-bond donors (Lipinski definition) is 0. The predicted molar refractivity (Wildman–Crippen MR) is 139 cm³/mol. The van der Waals surface area contributed by atoms with Crippen LogP contribution in [0.2, 0.25) is 19.6 Å². The molecule has 5 rings (SSSR count). The van der Waals surface area contributed by atoms with E-state index in [0.717, 1.165) is 43.4 Å². The van der Waals surface area contributed by atoms with Gasteiger partial charge in [0.15, 0.2) is 8.32 Å². The van der Waals surface area contributed by atoms with Gasteiger partial charge in [-0.25, -0.2) is 0 Å². The summed E-state index contributed by atoms with van der Waals surface area (Å²) in [5, 5.41) is 4.64. The molecule has 4 aliphatic carbocycles. The van der Waals surface area contributed by atoms with Crippen molar-refractivity contribution in [2.75, 3.05) is 0 Å². The lowest BCUT2D eigenvalue weighted by atomic mass is 9.45. The van der Waals surface area contributed by atoms with Gasteiger partial charge < -0.3 is 9.26 Å². The smallest absolute Gasteiger partial charge is 0.184 e. The van der Waals surface area contributed by atoms with Gasteiger partial charge in [-0.1, -0.05) is 49.3 Å². The molecule has 4 nitrogen and oxygen atoms in total. The molecule has 186 valence electrons. The van der Waals surface area contributed by atoms with Crippen molar-refractivity contribution in [1.82, 2.24) is 0 Å². The third-order valence-corrected chi connectivity index (χ3v) is 10.9. The lowest BCUT2D eigenvalue weighted by molar-refractivity contribution is -0.155. The summed E-state index contributed by atoms with van der Waals surface area (Å²) in [6.07, 6.45) is 9.02. The Morgan fingerprint density at radius 2 is 1.82 bits per heavy atom. The Hall–Kier alpha value is -1.46. The summed E-state index contributed by atoms with van der Waals surface area (Å²) >= 11 is 0. The summed E-state index contributed by atoms with van der Waals surface area (Å²) in [5.41, 5.74) is 2.27. The van der Waals surface area contributed by atoms with Crippen molar-refractivity contribution < 1.29 is 14.1 Å². The van der Waals surface area contributed by atoms with Gasteiger partial charge in [-0.3, -0.25) is 4.79 Å². The van der Waals surface area contributed by atoms with Gasteiger partial charge in [0.05, 0.1) is 5.71 Å². The highest BCUT2D eigenvalue weighted by Crippen LogP contribution is 2.64. The number of nitrogens with zero attached hydrogens (tertiary/aromatic N) is 1. The zero-order valence-electron chi connectivity index (χ0n) is 21.8. The maximum atomic E-state index is 13.9. The number of Topliss-reactive ketones (excluding diaryl/α,β-unsaturated/α-hetero) is 1. The third-order valence-electron chi connectivity index (χ3n) is 9.82. The van der Waals surface area contributed by atoms with Crippen LogP contribution in [0.4, 0.5) is 0 Å². The quantitative estimate of drug-likeness (QED) is 0.336. The van der Waals surface area contributed by atoms with Crippen molar-refractivity contribution in [3.8, 4) is 0 Å². The maximum Gasteiger partial charge on any atom is 0.184 e. The monoisotopic (exact) mass is 481 g/mol. The first-order chi connectivity index (χ1) is 16.1. The van der Waals surface area contributed by atoms with E-state index in [2.05, 4.69) is 50.8 Å². The van der Waals surface area contributed by atoms with Gasteiger partial charge in [0, 0.05) is 23.9 Å². The second-order valence-electron chi connectivity index (χ2n) is 13.1. The minimum Gasteiger partial charge on any atom is -0.415 e. The molecule has 0 saturated heterocycles. The molecule has 0 bridgehead atoms. The van der Waals surface area contributed by atoms with Crippen LogP contribution in [0, 0.1) is 34.5 Å². The number of benzene rings is 1. The second kappa shape index (κ2) is 8.88. The fourth-order valence-corrected chi connectivity index (χ4v) is 9.56. The molecule has 4 saturated carbocycles. The fourth-order valence-electron chi connectivity index (χ4n) is 8.34. The van der Waals surface area contributed by atoms with Crippen LogP contribution in [0.15, 0.2) is 35.5 Å². The van der Waals surface area contributed by atoms with Gasteiger partial charge in [0.1, 0.15) is 12.4 Å². The predicted octanol–water partition coefficient (Wildman–Crippen LogP) is 7.00. The van der Waals surface area contributed by atoms with Gasteiger partial charge in [-0.05, 0) is 93.3 Å². The highest BCUT2D eigenvalue weighted by atomic mass is 28.4. The molecule has 7 atom stereocenters. The molecular weight excluding hydrogens is 438 g/mol. The molecule has 0 heterocycles. The molecule has 0 aromatic heterocycles. The largest absolute Gasteiger partial charge is 0.415 e. The second-order valence-corrected chi connectivity index (χ2v) is 17.5. The van der Waals surface area contributed by atoms with Gasteiger partial charge >= 0.3 is 0 Å². The molecule has 7 unspecified atom stereocenters. The summed E-state index contributed by atoms with van der Waals surface area (Å²) in [4.78, 5) is 19.7. The Morgan fingerprint density at radius 3 is 2.56 bits per heavy atom. The van der Waals surface area contributed by atoms with E-state index in [1.165, 1.54) is 12.8 Å². The lowest BCUT2D eigenvalue weighted by Crippen LogP contribution is -2.58. The van der Waals surface area contributed by atoms with Crippen molar-refractivity contribution in [2.24, 2.45) is 39.7 Å². The fraction of sp³-hybridized carbons (Fsp3) is 0.724. The van der Waals surface area contributed by atoms with Crippen LogP contribution in [-0.2, 0) is 20.7 Å². The Labute approximate surface area is 207 Å². The summed E-state index contributed by atoms with van der Waals surface area (Å²) in [7, 11) is -1.53. The summed E-state index contributed by atoms with van der Waals surface area (Å²) in [5.74, 6) is 2.41. The van der Waals surface area contributed by atoms with Crippen molar-refractivity contribution >= 4 is 19.8 Å². The molecular formula is C29H43NO3Si. The maximum absolute atomic E-state index is 13.9. The van der Waals surface area contributed by atoms with Gasteiger partial charge in [-0.2, -0.15) is 0 Å². The summed E-state index contributed by atoms with van der Waals surface area (Å²) < 4.78 is 6.53. The molecule has 0 spiro atoms. The van der Waals surface area contributed by atoms with Crippen molar-refractivity contribution in [3.63, 3.8) is 0 Å². The minimum absolute atomic E-state index is 0.129. The van der Waals surface area contributed by atoms with Crippen LogP contribution in [0.3, 0.4) is 0 Å². The lowest BCUT2D eigenvalue weighted by Gasteiger charge is -2.59. The average Bonchev–Trinajstić information content (AvgIpc) is 3.09. The molecule has 0 aliphatic heterocycles. The van der Waals surface area contributed by atoms with E-state index in [9.17, 15) is 4.79 Å². The van der Waals surface area contributed by atoms with Crippen molar-refractivity contribution in [1.29, 1.82) is 0 Å². The van der Waals surface area contributed by atoms with Gasteiger partial charge in [0.2, 0.25) is 0 Å². The van der Waals surface area contributed by atoms with E-state index in [1.54, 1.807) is 0 Å². The van der Waals surface area contributed by atoms with Crippen molar-refractivity contribution in [3.05, 3.63) is 35.9 Å². The Bertz CT molecular complexity index is 940. The van der Waals surface area contributed by atoms with E-state index in [4.69, 9.17) is 9.26 Å². The standard InChI is InChI=1S/C29H43NO3Si/c1-28-16-15-22(33-34(3,4)5)17-21(28)11-12-23-24-13-14-26(29(24,2)18-25(31)27(23)28)30-32-19-20-9-7-6-8-10-20/h6-10,21-24,27H,11-19H2,1-5H3. The SMILES string of the molecule is CC12CC(=O)C3C(CCC4CC(O[Si](C)(C)C)CCC43C)C1CCC2=NOCc1ccccc1. The zero-order valence-corrected chi connectivity index (χ0v) is 22.8. The van der Waals surface area contributed by atoms with E-state index >= 15 is 0 Å². The van der Waals surface area contributed by atoms with Crippen LogP contribution in [0.5, 0.6) is 0 Å². The Morgan fingerprint density at radius 1 is 1.06 bits per heavy atom. The van der Waals surface area contributed by atoms with Crippen LogP contribution >= 0.6 is 0 Å². The Balaban J connectivity index is 1.31. The van der Waals surface area contributed by atoms with E-state index < -0.39 is 8.32 Å². The first-order valence-corrected chi connectivity index (χ1v) is 16.9. The first-order valence-electron chi connectivity index (χ1n) is 13.5. The number of carbonyl (C=O) groups excluding carboxylic acids is 1. The van der Waals surface area contributed by atoms with E-state index in [1.807, 2.05) is 18.2 Å². The van der Waals surface area contributed by atoms with Gasteiger partial charge in [0.25, 0.3) is 0 Å². The summed E-state index contributed by atoms with van der Waals surface area (Å²) in [6, 6.07) is 10.2.